The number of methoxy groups -OCH3 is 2. The molecule has 2 rings (SSSR count). The first-order valence-electron chi connectivity index (χ1n) is 5.86. The van der Waals surface area contributed by atoms with Crippen LogP contribution in [0.1, 0.15) is 18.4 Å². The molecule has 1 unspecified atom stereocenters. The molecule has 4 nitrogen and oxygen atoms in total. The van der Waals surface area contributed by atoms with Crippen molar-refractivity contribution in [1.82, 2.24) is 5.32 Å². The zero-order chi connectivity index (χ0) is 12.3. The summed E-state index contributed by atoms with van der Waals surface area (Å²) in [5.41, 5.74) is -0.159. The fourth-order valence-corrected chi connectivity index (χ4v) is 2.41. The summed E-state index contributed by atoms with van der Waals surface area (Å²) in [6.07, 6.45) is 1.66. The van der Waals surface area contributed by atoms with Gasteiger partial charge in [0.2, 0.25) is 0 Å². The van der Waals surface area contributed by atoms with Gasteiger partial charge in [-0.25, -0.2) is 0 Å². The van der Waals surface area contributed by atoms with Crippen LogP contribution in [-0.2, 0) is 5.60 Å². The Morgan fingerprint density at radius 1 is 1.24 bits per heavy atom. The second kappa shape index (κ2) is 4.94. The average molecular weight is 237 g/mol. The Hall–Kier alpha value is -1.26. The molecule has 1 aliphatic rings. The summed E-state index contributed by atoms with van der Waals surface area (Å²) < 4.78 is 10.7. The molecule has 0 aliphatic carbocycles. The van der Waals surface area contributed by atoms with E-state index in [4.69, 9.17) is 9.47 Å². The zero-order valence-electron chi connectivity index (χ0n) is 10.3. The first kappa shape index (κ1) is 12.2. The molecule has 1 saturated heterocycles. The molecule has 1 heterocycles. The lowest BCUT2D eigenvalue weighted by Crippen LogP contribution is -2.43. The standard InChI is InChI=1S/C13H19NO3/c1-16-10-5-3-6-11(17-2)12(10)13(15)7-4-8-14-9-13/h3,5-6,14-15H,4,7-9H2,1-2H3. The van der Waals surface area contributed by atoms with E-state index in [-0.39, 0.29) is 0 Å². The summed E-state index contributed by atoms with van der Waals surface area (Å²) in [4.78, 5) is 0. The Bertz CT molecular complexity index is 364. The number of hydrogen-bond donors (Lipinski definition) is 2. The number of ether oxygens (including phenoxy) is 2. The highest BCUT2D eigenvalue weighted by molar-refractivity contribution is 5.49. The molecule has 17 heavy (non-hydrogen) atoms. The van der Waals surface area contributed by atoms with Gasteiger partial charge in [0, 0.05) is 6.54 Å². The van der Waals surface area contributed by atoms with Crippen molar-refractivity contribution in [2.24, 2.45) is 0 Å². The fourth-order valence-electron chi connectivity index (χ4n) is 2.41. The molecular formula is C13H19NO3. The third-order valence-electron chi connectivity index (χ3n) is 3.25. The number of rotatable bonds is 3. The van der Waals surface area contributed by atoms with Crippen LogP contribution in [0.3, 0.4) is 0 Å². The van der Waals surface area contributed by atoms with Crippen LogP contribution in [0, 0.1) is 0 Å². The maximum atomic E-state index is 10.7. The third kappa shape index (κ3) is 2.23. The van der Waals surface area contributed by atoms with E-state index >= 15 is 0 Å². The van der Waals surface area contributed by atoms with E-state index in [1.165, 1.54) is 0 Å². The van der Waals surface area contributed by atoms with Crippen molar-refractivity contribution < 1.29 is 14.6 Å². The van der Waals surface area contributed by atoms with Crippen LogP contribution in [0.15, 0.2) is 18.2 Å². The molecule has 0 aromatic heterocycles. The zero-order valence-corrected chi connectivity index (χ0v) is 10.3. The molecule has 0 radical (unpaired) electrons. The summed E-state index contributed by atoms with van der Waals surface area (Å²) in [6, 6.07) is 5.57. The Morgan fingerprint density at radius 2 is 1.88 bits per heavy atom. The molecule has 94 valence electrons. The molecule has 0 spiro atoms. The molecule has 1 aromatic rings. The predicted octanol–water partition coefficient (Wildman–Crippen LogP) is 1.27. The van der Waals surface area contributed by atoms with Gasteiger partial charge in [0.15, 0.2) is 0 Å². The first-order valence-corrected chi connectivity index (χ1v) is 5.86. The lowest BCUT2D eigenvalue weighted by atomic mass is 9.85. The number of nitrogens with one attached hydrogen (secondary N) is 1. The van der Waals surface area contributed by atoms with Crippen molar-refractivity contribution in [2.75, 3.05) is 27.3 Å². The minimum atomic E-state index is -0.907. The van der Waals surface area contributed by atoms with Gasteiger partial charge in [0.1, 0.15) is 17.1 Å². The van der Waals surface area contributed by atoms with Crippen molar-refractivity contribution in [2.45, 2.75) is 18.4 Å². The fraction of sp³-hybridized carbons (Fsp3) is 0.538. The lowest BCUT2D eigenvalue weighted by Gasteiger charge is -2.34. The van der Waals surface area contributed by atoms with Crippen LogP contribution in [0.4, 0.5) is 0 Å². The van der Waals surface area contributed by atoms with E-state index in [0.717, 1.165) is 24.9 Å². The summed E-state index contributed by atoms with van der Waals surface area (Å²) in [5.74, 6) is 1.35. The van der Waals surface area contributed by atoms with Crippen molar-refractivity contribution in [3.05, 3.63) is 23.8 Å². The van der Waals surface area contributed by atoms with Crippen LogP contribution in [-0.4, -0.2) is 32.4 Å². The van der Waals surface area contributed by atoms with Crippen LogP contribution in [0.5, 0.6) is 11.5 Å². The van der Waals surface area contributed by atoms with Crippen molar-refractivity contribution in [1.29, 1.82) is 0 Å². The maximum Gasteiger partial charge on any atom is 0.128 e. The second-order valence-electron chi connectivity index (χ2n) is 4.35. The molecule has 2 N–H and O–H groups in total. The molecule has 0 bridgehead atoms. The highest BCUT2D eigenvalue weighted by Gasteiger charge is 2.36. The SMILES string of the molecule is COc1cccc(OC)c1C1(O)CCCNC1. The molecule has 4 heteroatoms. The summed E-state index contributed by atoms with van der Waals surface area (Å²) in [5, 5.41) is 14.0. The van der Waals surface area contributed by atoms with E-state index in [0.29, 0.717) is 18.0 Å². The monoisotopic (exact) mass is 237 g/mol. The molecule has 1 aliphatic heterocycles. The first-order chi connectivity index (χ1) is 8.21. The van der Waals surface area contributed by atoms with E-state index in [1.54, 1.807) is 14.2 Å². The maximum absolute atomic E-state index is 10.7. The largest absolute Gasteiger partial charge is 0.496 e. The van der Waals surface area contributed by atoms with E-state index in [9.17, 15) is 5.11 Å². The second-order valence-corrected chi connectivity index (χ2v) is 4.35. The van der Waals surface area contributed by atoms with Gasteiger partial charge in [-0.15, -0.1) is 0 Å². The molecule has 0 amide bonds. The third-order valence-corrected chi connectivity index (χ3v) is 3.25. The normalized spacial score (nSPS) is 24.4. The minimum Gasteiger partial charge on any atom is -0.496 e. The molecule has 1 aromatic carbocycles. The van der Waals surface area contributed by atoms with Crippen LogP contribution < -0.4 is 14.8 Å². The number of β-amino-alcohol motifs (C(OH)–C–C–N with tert-alkyl or cyclic N) is 1. The van der Waals surface area contributed by atoms with E-state index in [2.05, 4.69) is 5.32 Å². The number of aliphatic hydroxyl groups is 1. The van der Waals surface area contributed by atoms with Crippen molar-refractivity contribution >= 4 is 0 Å². The highest BCUT2D eigenvalue weighted by atomic mass is 16.5. The lowest BCUT2D eigenvalue weighted by molar-refractivity contribution is 0.00813. The Balaban J connectivity index is 2.47. The van der Waals surface area contributed by atoms with Gasteiger partial charge in [-0.3, -0.25) is 0 Å². The van der Waals surface area contributed by atoms with Crippen molar-refractivity contribution in [3.63, 3.8) is 0 Å². The van der Waals surface area contributed by atoms with Gasteiger partial charge in [-0.05, 0) is 31.5 Å². The Labute approximate surface area is 102 Å². The quantitative estimate of drug-likeness (QED) is 0.831. The van der Waals surface area contributed by atoms with Crippen LogP contribution in [0.25, 0.3) is 0 Å². The van der Waals surface area contributed by atoms with Gasteiger partial charge in [-0.1, -0.05) is 6.07 Å². The Kier molecular flexibility index (Phi) is 3.54. The minimum absolute atomic E-state index is 0.531. The van der Waals surface area contributed by atoms with Gasteiger partial charge >= 0.3 is 0 Å². The van der Waals surface area contributed by atoms with Gasteiger partial charge in [-0.2, -0.15) is 0 Å². The van der Waals surface area contributed by atoms with Gasteiger partial charge in [0.25, 0.3) is 0 Å². The average Bonchev–Trinajstić information content (AvgIpc) is 2.38. The van der Waals surface area contributed by atoms with Gasteiger partial charge < -0.3 is 19.9 Å². The summed E-state index contributed by atoms with van der Waals surface area (Å²) >= 11 is 0. The highest BCUT2D eigenvalue weighted by Crippen LogP contribution is 2.40. The summed E-state index contributed by atoms with van der Waals surface area (Å²) in [6.45, 7) is 1.48. The number of benzene rings is 1. The number of hydrogen-bond acceptors (Lipinski definition) is 4. The molecule has 0 saturated carbocycles. The predicted molar refractivity (Wildman–Crippen MR) is 65.5 cm³/mol. The molecular weight excluding hydrogens is 218 g/mol. The topological polar surface area (TPSA) is 50.7 Å². The van der Waals surface area contributed by atoms with Crippen LogP contribution >= 0.6 is 0 Å². The van der Waals surface area contributed by atoms with Crippen molar-refractivity contribution in [3.8, 4) is 11.5 Å². The Morgan fingerprint density at radius 3 is 2.35 bits per heavy atom. The van der Waals surface area contributed by atoms with Gasteiger partial charge in [0.05, 0.1) is 19.8 Å². The summed E-state index contributed by atoms with van der Waals surface area (Å²) in [7, 11) is 3.22. The smallest absolute Gasteiger partial charge is 0.128 e. The molecule has 1 atom stereocenters. The van der Waals surface area contributed by atoms with Crippen LogP contribution in [0.2, 0.25) is 0 Å². The molecule has 1 fully saturated rings. The number of piperidine rings is 1. The van der Waals surface area contributed by atoms with E-state index in [1.807, 2.05) is 18.2 Å². The van der Waals surface area contributed by atoms with E-state index < -0.39 is 5.60 Å².